The number of rotatable bonds is 2. The van der Waals surface area contributed by atoms with E-state index in [0.29, 0.717) is 0 Å². The van der Waals surface area contributed by atoms with E-state index in [-0.39, 0.29) is 0 Å². The molecule has 2 aromatic carbocycles. The zero-order chi connectivity index (χ0) is 10.7. The third kappa shape index (κ3) is 2.03. The molecule has 0 aliphatic rings. The van der Waals surface area contributed by atoms with E-state index in [1.165, 1.54) is 0 Å². The molecule has 0 fully saturated rings. The highest BCUT2D eigenvalue weighted by molar-refractivity contribution is 7.78. The SMILES string of the molecule is CP(=[18O])(c1ccccc1)c1ccccc1. The van der Waals surface area contributed by atoms with E-state index >= 15 is 0 Å². The maximum atomic E-state index is 12.6. The Morgan fingerprint density at radius 3 is 1.40 bits per heavy atom. The van der Waals surface area contributed by atoms with Gasteiger partial charge in [-0.3, -0.25) is 0 Å². The summed E-state index contributed by atoms with van der Waals surface area (Å²) in [6.45, 7) is 1.82. The highest BCUT2D eigenvalue weighted by atomic mass is 31.2. The van der Waals surface area contributed by atoms with Crippen LogP contribution in [-0.4, -0.2) is 6.66 Å². The van der Waals surface area contributed by atoms with Gasteiger partial charge in [0.15, 0.2) is 0 Å². The Kier molecular flexibility index (Phi) is 2.75. The molecule has 76 valence electrons. The highest BCUT2D eigenvalue weighted by Crippen LogP contribution is 2.38. The molecule has 2 rings (SSSR count). The van der Waals surface area contributed by atoms with Gasteiger partial charge in [-0.05, 0) is 6.66 Å². The van der Waals surface area contributed by atoms with E-state index in [1.54, 1.807) is 0 Å². The predicted molar refractivity (Wildman–Crippen MR) is 65.7 cm³/mol. The standard InChI is InChI=1S/C13H13OP/c1-15(14,12-8-4-2-5-9-12)13-10-6-3-7-11-13/h2-11H,1H3/i14+2. The summed E-state index contributed by atoms with van der Waals surface area (Å²) < 4.78 is 12.6. The van der Waals surface area contributed by atoms with Crippen molar-refractivity contribution in [1.82, 2.24) is 0 Å². The van der Waals surface area contributed by atoms with Crippen LogP contribution in [-0.2, 0) is 4.57 Å². The maximum Gasteiger partial charge on any atom is 0.140 e. The van der Waals surface area contributed by atoms with Crippen LogP contribution in [0.1, 0.15) is 0 Å². The molecule has 2 heteroatoms. The van der Waals surface area contributed by atoms with Crippen LogP contribution in [0.4, 0.5) is 0 Å². The minimum atomic E-state index is -2.40. The van der Waals surface area contributed by atoms with Gasteiger partial charge >= 0.3 is 0 Å². The lowest BCUT2D eigenvalue weighted by Crippen LogP contribution is -2.14. The molecular weight excluding hydrogens is 205 g/mol. The molecule has 0 spiro atoms. The van der Waals surface area contributed by atoms with Crippen LogP contribution in [0.2, 0.25) is 0 Å². The van der Waals surface area contributed by atoms with E-state index in [1.807, 2.05) is 67.3 Å². The first-order chi connectivity index (χ1) is 7.21. The summed E-state index contributed by atoms with van der Waals surface area (Å²) in [5, 5.41) is 1.83. The Morgan fingerprint density at radius 2 is 1.07 bits per heavy atom. The molecule has 0 aromatic heterocycles. The molecule has 0 atom stereocenters. The van der Waals surface area contributed by atoms with Crippen molar-refractivity contribution in [3.63, 3.8) is 0 Å². The van der Waals surface area contributed by atoms with Crippen molar-refractivity contribution in [3.05, 3.63) is 60.7 Å². The van der Waals surface area contributed by atoms with Crippen molar-refractivity contribution in [3.8, 4) is 0 Å². The zero-order valence-corrected chi connectivity index (χ0v) is 9.52. The molecule has 15 heavy (non-hydrogen) atoms. The molecule has 0 saturated carbocycles. The molecule has 0 aliphatic heterocycles. The topological polar surface area (TPSA) is 17.1 Å². The molecule has 0 aliphatic carbocycles. The van der Waals surface area contributed by atoms with Crippen molar-refractivity contribution in [2.24, 2.45) is 0 Å². The first kappa shape index (κ1) is 10.2. The van der Waals surface area contributed by atoms with Gasteiger partial charge < -0.3 is 4.57 Å². The van der Waals surface area contributed by atoms with Gasteiger partial charge in [-0.25, -0.2) is 0 Å². The Hall–Kier alpha value is -1.33. The van der Waals surface area contributed by atoms with Crippen LogP contribution < -0.4 is 10.6 Å². The van der Waals surface area contributed by atoms with E-state index in [2.05, 4.69) is 0 Å². The molecular formula is C13H13OP. The molecule has 0 unspecified atom stereocenters. The third-order valence-electron chi connectivity index (χ3n) is 2.50. The summed E-state index contributed by atoms with van der Waals surface area (Å²) in [6, 6.07) is 19.3. The monoisotopic (exact) mass is 218 g/mol. The molecule has 0 amide bonds. The zero-order valence-electron chi connectivity index (χ0n) is 8.63. The second-order valence-electron chi connectivity index (χ2n) is 3.60. The predicted octanol–water partition coefficient (Wildman–Crippen LogP) is 2.63. The number of hydrogen-bond acceptors (Lipinski definition) is 1. The van der Waals surface area contributed by atoms with Crippen LogP contribution in [0, 0.1) is 0 Å². The molecule has 0 saturated heterocycles. The van der Waals surface area contributed by atoms with Gasteiger partial charge in [0.1, 0.15) is 7.14 Å². The molecule has 0 radical (unpaired) electrons. The van der Waals surface area contributed by atoms with Crippen molar-refractivity contribution in [2.45, 2.75) is 0 Å². The van der Waals surface area contributed by atoms with Gasteiger partial charge in [0, 0.05) is 10.6 Å². The molecule has 2 aromatic rings. The fraction of sp³-hybridized carbons (Fsp3) is 0.0769. The van der Waals surface area contributed by atoms with E-state index in [0.717, 1.165) is 10.6 Å². The average Bonchev–Trinajstić information content (AvgIpc) is 2.31. The first-order valence-electron chi connectivity index (χ1n) is 4.90. The van der Waals surface area contributed by atoms with E-state index in [9.17, 15) is 4.57 Å². The van der Waals surface area contributed by atoms with E-state index < -0.39 is 7.14 Å². The van der Waals surface area contributed by atoms with Crippen molar-refractivity contribution < 1.29 is 4.57 Å². The normalized spacial score (nSPS) is 11.3. The molecule has 0 heterocycles. The lowest BCUT2D eigenvalue weighted by Gasteiger charge is -2.13. The lowest BCUT2D eigenvalue weighted by molar-refractivity contribution is 0.590. The van der Waals surface area contributed by atoms with Crippen LogP contribution in [0.15, 0.2) is 60.7 Å². The molecule has 0 N–H and O–H groups in total. The van der Waals surface area contributed by atoms with Gasteiger partial charge in [-0.15, -0.1) is 0 Å². The fourth-order valence-electron chi connectivity index (χ4n) is 1.57. The smallest absolute Gasteiger partial charge is 0.140 e. The minimum absolute atomic E-state index is 0.913. The maximum absolute atomic E-state index is 12.6. The average molecular weight is 218 g/mol. The summed E-state index contributed by atoms with van der Waals surface area (Å²) in [5.74, 6) is 0. The largest absolute Gasteiger partial charge is 0.314 e. The van der Waals surface area contributed by atoms with E-state index in [4.69, 9.17) is 0 Å². The van der Waals surface area contributed by atoms with Gasteiger partial charge in [0.25, 0.3) is 0 Å². The Morgan fingerprint density at radius 1 is 0.733 bits per heavy atom. The Bertz CT molecular complexity index is 433. The van der Waals surface area contributed by atoms with Gasteiger partial charge in [0.2, 0.25) is 0 Å². The summed E-state index contributed by atoms with van der Waals surface area (Å²) in [6.07, 6.45) is 0. The van der Waals surface area contributed by atoms with Gasteiger partial charge in [-0.2, -0.15) is 0 Å². The third-order valence-corrected chi connectivity index (χ3v) is 5.06. The summed E-state index contributed by atoms with van der Waals surface area (Å²) in [4.78, 5) is 0. The Balaban J connectivity index is 2.50. The first-order valence-corrected chi connectivity index (χ1v) is 7.05. The minimum Gasteiger partial charge on any atom is -0.314 e. The number of benzene rings is 2. The molecule has 0 bridgehead atoms. The molecule has 1 nitrogen and oxygen atoms in total. The van der Waals surface area contributed by atoms with Gasteiger partial charge in [0.05, 0.1) is 0 Å². The van der Waals surface area contributed by atoms with Crippen molar-refractivity contribution in [1.29, 1.82) is 0 Å². The summed E-state index contributed by atoms with van der Waals surface area (Å²) in [5.41, 5.74) is 0. The second kappa shape index (κ2) is 4.04. The highest BCUT2D eigenvalue weighted by Gasteiger charge is 2.19. The Labute approximate surface area is 90.1 Å². The lowest BCUT2D eigenvalue weighted by atomic mass is 10.4. The van der Waals surface area contributed by atoms with Crippen LogP contribution in [0.25, 0.3) is 0 Å². The summed E-state index contributed by atoms with van der Waals surface area (Å²) in [7, 11) is -2.40. The van der Waals surface area contributed by atoms with Gasteiger partial charge in [-0.1, -0.05) is 60.7 Å². The van der Waals surface area contributed by atoms with Crippen LogP contribution >= 0.6 is 7.14 Å². The van der Waals surface area contributed by atoms with Crippen LogP contribution in [0.5, 0.6) is 0 Å². The second-order valence-corrected chi connectivity index (χ2v) is 6.48. The van der Waals surface area contributed by atoms with Crippen LogP contribution in [0.3, 0.4) is 0 Å². The quantitative estimate of drug-likeness (QED) is 0.559. The van der Waals surface area contributed by atoms with Crippen molar-refractivity contribution >= 4 is 17.8 Å². The fourth-order valence-corrected chi connectivity index (χ4v) is 3.35. The van der Waals surface area contributed by atoms with Crippen molar-refractivity contribution in [2.75, 3.05) is 6.66 Å². The number of hydrogen-bond donors (Lipinski definition) is 0. The summed E-state index contributed by atoms with van der Waals surface area (Å²) >= 11 is 0.